The van der Waals surface area contributed by atoms with Gasteiger partial charge in [0.2, 0.25) is 5.78 Å². The summed E-state index contributed by atoms with van der Waals surface area (Å²) in [6.45, 7) is 4.21. The summed E-state index contributed by atoms with van der Waals surface area (Å²) in [5, 5.41) is 1.14. The molecule has 24 heavy (non-hydrogen) atoms. The number of aryl methyl sites for hydroxylation is 1. The predicted octanol–water partition coefficient (Wildman–Crippen LogP) is 5.19. The van der Waals surface area contributed by atoms with Crippen LogP contribution in [0.15, 0.2) is 66.7 Å². The molecule has 2 heteroatoms. The Hall–Kier alpha value is -2.87. The first-order valence-electron chi connectivity index (χ1n) is 8.33. The van der Waals surface area contributed by atoms with Crippen LogP contribution in [0.4, 0.5) is 0 Å². The van der Waals surface area contributed by atoms with Crippen molar-refractivity contribution in [1.82, 2.24) is 4.40 Å². The van der Waals surface area contributed by atoms with E-state index in [2.05, 4.69) is 42.5 Å². The van der Waals surface area contributed by atoms with Crippen LogP contribution in [0, 0.1) is 6.92 Å². The Bertz CT molecular complexity index is 1060. The van der Waals surface area contributed by atoms with Gasteiger partial charge in [-0.3, -0.25) is 4.79 Å². The normalized spacial score (nSPS) is 11.2. The number of fused-ring (bicyclic) bond motifs is 3. The van der Waals surface area contributed by atoms with Crippen molar-refractivity contribution in [3.8, 4) is 0 Å². The Kier molecular flexibility index (Phi) is 3.46. The first-order valence-corrected chi connectivity index (χ1v) is 8.33. The van der Waals surface area contributed by atoms with E-state index >= 15 is 0 Å². The van der Waals surface area contributed by atoms with Gasteiger partial charge in [-0.2, -0.15) is 0 Å². The maximum absolute atomic E-state index is 13.2. The smallest absolute Gasteiger partial charge is 0.210 e. The monoisotopic (exact) mass is 313 g/mol. The van der Waals surface area contributed by atoms with Crippen LogP contribution in [-0.4, -0.2) is 10.2 Å². The van der Waals surface area contributed by atoms with Crippen molar-refractivity contribution < 1.29 is 4.79 Å². The third kappa shape index (κ3) is 2.07. The lowest BCUT2D eigenvalue weighted by Crippen LogP contribution is -2.07. The van der Waals surface area contributed by atoms with E-state index in [0.717, 1.165) is 39.7 Å². The van der Waals surface area contributed by atoms with Crippen LogP contribution in [0.5, 0.6) is 0 Å². The topological polar surface area (TPSA) is 21.5 Å². The molecule has 0 radical (unpaired) electrons. The minimum absolute atomic E-state index is 0.0825. The van der Waals surface area contributed by atoms with E-state index in [0.29, 0.717) is 0 Å². The number of rotatable bonds is 3. The fraction of sp³-hybridized carbons (Fsp3) is 0.136. The molecule has 0 bridgehead atoms. The highest BCUT2D eigenvalue weighted by molar-refractivity contribution is 6.11. The Morgan fingerprint density at radius 3 is 2.33 bits per heavy atom. The zero-order chi connectivity index (χ0) is 16.7. The second kappa shape index (κ2) is 5.64. The summed E-state index contributed by atoms with van der Waals surface area (Å²) in [5.41, 5.74) is 6.06. The van der Waals surface area contributed by atoms with Crippen LogP contribution in [0.25, 0.3) is 16.4 Å². The molecule has 2 aromatic heterocycles. The number of para-hydroxylation sites is 1. The van der Waals surface area contributed by atoms with Crippen LogP contribution < -0.4 is 0 Å². The van der Waals surface area contributed by atoms with Crippen LogP contribution in [-0.2, 0) is 6.42 Å². The molecule has 4 rings (SSSR count). The van der Waals surface area contributed by atoms with E-state index in [-0.39, 0.29) is 5.78 Å². The van der Waals surface area contributed by atoms with E-state index in [9.17, 15) is 4.79 Å². The van der Waals surface area contributed by atoms with Crippen molar-refractivity contribution >= 4 is 22.2 Å². The number of benzene rings is 2. The van der Waals surface area contributed by atoms with Crippen LogP contribution in [0.1, 0.15) is 34.1 Å². The lowest BCUT2D eigenvalue weighted by Gasteiger charge is -2.08. The van der Waals surface area contributed by atoms with E-state index in [4.69, 9.17) is 0 Å². The number of pyridine rings is 1. The highest BCUT2D eigenvalue weighted by Crippen LogP contribution is 2.29. The van der Waals surface area contributed by atoms with Crippen LogP contribution in [0.3, 0.4) is 0 Å². The van der Waals surface area contributed by atoms with Gasteiger partial charge in [-0.15, -0.1) is 0 Å². The number of carbonyl (C=O) groups excluding carboxylic acids is 1. The molecule has 0 fully saturated rings. The maximum Gasteiger partial charge on any atom is 0.210 e. The minimum atomic E-state index is 0.0825. The van der Waals surface area contributed by atoms with Crippen molar-refractivity contribution in [3.05, 3.63) is 89.1 Å². The second-order valence-corrected chi connectivity index (χ2v) is 6.11. The SMILES string of the molecule is CCc1c(C)c(C(=O)c2ccccc2)n2c1ccc1ccccc12. The lowest BCUT2D eigenvalue weighted by molar-refractivity contribution is 0.103. The fourth-order valence-corrected chi connectivity index (χ4v) is 3.63. The number of hydrogen-bond acceptors (Lipinski definition) is 1. The number of ketones is 1. The summed E-state index contributed by atoms with van der Waals surface area (Å²) in [5.74, 6) is 0.0825. The average molecular weight is 313 g/mol. The average Bonchev–Trinajstić information content (AvgIpc) is 2.93. The molecule has 0 unspecified atom stereocenters. The molecule has 0 saturated heterocycles. The van der Waals surface area contributed by atoms with Gasteiger partial charge < -0.3 is 4.40 Å². The summed E-state index contributed by atoms with van der Waals surface area (Å²) >= 11 is 0. The number of nitrogens with zero attached hydrogens (tertiary/aromatic N) is 1. The highest BCUT2D eigenvalue weighted by atomic mass is 16.1. The quantitative estimate of drug-likeness (QED) is 0.477. The summed E-state index contributed by atoms with van der Waals surface area (Å²) in [7, 11) is 0. The third-order valence-corrected chi connectivity index (χ3v) is 4.78. The summed E-state index contributed by atoms with van der Waals surface area (Å²) in [4.78, 5) is 13.2. The Balaban J connectivity index is 2.12. The zero-order valence-corrected chi connectivity index (χ0v) is 13.9. The van der Waals surface area contributed by atoms with E-state index < -0.39 is 0 Å². The van der Waals surface area contributed by atoms with Crippen LogP contribution in [0.2, 0.25) is 0 Å². The van der Waals surface area contributed by atoms with E-state index in [1.165, 1.54) is 5.56 Å². The van der Waals surface area contributed by atoms with Gasteiger partial charge >= 0.3 is 0 Å². The third-order valence-electron chi connectivity index (χ3n) is 4.78. The molecule has 0 aliphatic rings. The van der Waals surface area contributed by atoms with Gasteiger partial charge in [-0.1, -0.05) is 61.5 Å². The standard InChI is InChI=1S/C22H19NO/c1-3-18-15(2)21(22(24)17-10-5-4-6-11-17)23-19-12-8-7-9-16(19)13-14-20(18)23/h4-14H,3H2,1-2H3. The van der Waals surface area contributed by atoms with Crippen LogP contribution >= 0.6 is 0 Å². The second-order valence-electron chi connectivity index (χ2n) is 6.11. The van der Waals surface area contributed by atoms with Gasteiger partial charge in [0.05, 0.1) is 11.2 Å². The molecule has 0 spiro atoms. The summed E-state index contributed by atoms with van der Waals surface area (Å²) in [6.07, 6.45) is 0.912. The molecule has 2 nitrogen and oxygen atoms in total. The number of carbonyl (C=O) groups is 1. The van der Waals surface area contributed by atoms with Crippen molar-refractivity contribution in [3.63, 3.8) is 0 Å². The first-order chi connectivity index (χ1) is 11.7. The minimum Gasteiger partial charge on any atom is -0.306 e. The molecular formula is C22H19NO. The predicted molar refractivity (Wildman–Crippen MR) is 98.9 cm³/mol. The van der Waals surface area contributed by atoms with Crippen molar-refractivity contribution in [2.24, 2.45) is 0 Å². The van der Waals surface area contributed by atoms with Gasteiger partial charge in [0.15, 0.2) is 0 Å². The number of aromatic nitrogens is 1. The molecule has 0 atom stereocenters. The molecule has 0 saturated carbocycles. The molecule has 0 N–H and O–H groups in total. The summed E-state index contributed by atoms with van der Waals surface area (Å²) in [6, 6.07) is 22.0. The molecule has 2 heterocycles. The number of hydrogen-bond donors (Lipinski definition) is 0. The van der Waals surface area contributed by atoms with Crippen molar-refractivity contribution in [2.75, 3.05) is 0 Å². The molecular weight excluding hydrogens is 294 g/mol. The largest absolute Gasteiger partial charge is 0.306 e. The fourth-order valence-electron chi connectivity index (χ4n) is 3.63. The summed E-state index contributed by atoms with van der Waals surface area (Å²) < 4.78 is 2.14. The molecule has 2 aromatic carbocycles. The Labute approximate surface area is 141 Å². The van der Waals surface area contributed by atoms with Gasteiger partial charge in [0.1, 0.15) is 0 Å². The lowest BCUT2D eigenvalue weighted by atomic mass is 10.0. The molecule has 0 aliphatic carbocycles. The van der Waals surface area contributed by atoms with E-state index in [1.807, 2.05) is 42.5 Å². The van der Waals surface area contributed by atoms with Gasteiger partial charge in [0.25, 0.3) is 0 Å². The Morgan fingerprint density at radius 1 is 0.875 bits per heavy atom. The molecule has 0 amide bonds. The van der Waals surface area contributed by atoms with Gasteiger partial charge in [-0.25, -0.2) is 0 Å². The van der Waals surface area contributed by atoms with Gasteiger partial charge in [0, 0.05) is 11.1 Å². The van der Waals surface area contributed by atoms with Crippen molar-refractivity contribution in [2.45, 2.75) is 20.3 Å². The Morgan fingerprint density at radius 2 is 1.58 bits per heavy atom. The molecule has 0 aliphatic heterocycles. The first kappa shape index (κ1) is 14.7. The zero-order valence-electron chi connectivity index (χ0n) is 13.9. The van der Waals surface area contributed by atoms with Gasteiger partial charge in [-0.05, 0) is 42.0 Å². The molecule has 4 aromatic rings. The maximum atomic E-state index is 13.2. The van der Waals surface area contributed by atoms with Crippen molar-refractivity contribution in [1.29, 1.82) is 0 Å². The van der Waals surface area contributed by atoms with E-state index in [1.54, 1.807) is 0 Å². The molecule has 118 valence electrons. The highest BCUT2D eigenvalue weighted by Gasteiger charge is 2.21.